The summed E-state index contributed by atoms with van der Waals surface area (Å²) in [6.07, 6.45) is 0. The fourth-order valence-corrected chi connectivity index (χ4v) is 1.01. The molecule has 0 bridgehead atoms. The Labute approximate surface area is 78.1 Å². The normalized spacial score (nSPS) is 9.77. The van der Waals surface area contributed by atoms with Crippen LogP contribution in [0.5, 0.6) is 0 Å². The number of hydrogen-bond donors (Lipinski definition) is 3. The molecule has 13 heavy (non-hydrogen) atoms. The molecule has 4 N–H and O–H groups in total. The van der Waals surface area contributed by atoms with Crippen LogP contribution in [-0.4, -0.2) is 11.1 Å². The van der Waals surface area contributed by atoms with E-state index in [2.05, 4.69) is 5.43 Å². The van der Waals surface area contributed by atoms with Crippen LogP contribution in [0.4, 0.5) is 10.1 Å². The van der Waals surface area contributed by atoms with Crippen LogP contribution in [0.3, 0.4) is 0 Å². The van der Waals surface area contributed by atoms with Gasteiger partial charge in [0.05, 0.1) is 16.3 Å². The molecule has 0 aliphatic rings. The SMILES string of the molecule is NNc1cc(F)c(Cl)cc1C(=O)O. The van der Waals surface area contributed by atoms with Crippen LogP contribution < -0.4 is 11.3 Å². The van der Waals surface area contributed by atoms with Crippen LogP contribution >= 0.6 is 11.6 Å². The summed E-state index contributed by atoms with van der Waals surface area (Å²) in [5, 5.41) is 8.38. The maximum Gasteiger partial charge on any atom is 0.337 e. The first kappa shape index (κ1) is 9.76. The minimum Gasteiger partial charge on any atom is -0.478 e. The summed E-state index contributed by atoms with van der Waals surface area (Å²) in [5.74, 6) is 3.03. The highest BCUT2D eigenvalue weighted by Gasteiger charge is 2.13. The molecule has 70 valence electrons. The minimum atomic E-state index is -1.23. The van der Waals surface area contributed by atoms with Gasteiger partial charge in [0.1, 0.15) is 5.82 Å². The lowest BCUT2D eigenvalue weighted by atomic mass is 10.2. The number of rotatable bonds is 2. The molecule has 0 heterocycles. The van der Waals surface area contributed by atoms with E-state index in [0.717, 1.165) is 12.1 Å². The number of nitrogens with two attached hydrogens (primary N) is 1. The van der Waals surface area contributed by atoms with Gasteiger partial charge < -0.3 is 10.5 Å². The molecule has 0 aromatic heterocycles. The van der Waals surface area contributed by atoms with Gasteiger partial charge in [-0.1, -0.05) is 11.6 Å². The first-order valence-electron chi connectivity index (χ1n) is 3.25. The van der Waals surface area contributed by atoms with Crippen molar-refractivity contribution in [3.05, 3.63) is 28.5 Å². The molecular formula is C7H6ClFN2O2. The van der Waals surface area contributed by atoms with Crippen LogP contribution in [0.1, 0.15) is 10.4 Å². The molecule has 0 atom stereocenters. The van der Waals surface area contributed by atoms with Crippen LogP contribution in [0.2, 0.25) is 5.02 Å². The van der Waals surface area contributed by atoms with Gasteiger partial charge in [-0.25, -0.2) is 9.18 Å². The van der Waals surface area contributed by atoms with Crippen LogP contribution in [0.15, 0.2) is 12.1 Å². The van der Waals surface area contributed by atoms with Crippen LogP contribution in [-0.2, 0) is 0 Å². The Morgan fingerprint density at radius 2 is 2.23 bits per heavy atom. The summed E-state index contributed by atoms with van der Waals surface area (Å²) in [6.45, 7) is 0. The van der Waals surface area contributed by atoms with E-state index in [4.69, 9.17) is 22.6 Å². The van der Waals surface area contributed by atoms with Crippen molar-refractivity contribution in [2.45, 2.75) is 0 Å². The highest BCUT2D eigenvalue weighted by atomic mass is 35.5. The average Bonchev–Trinajstić information content (AvgIpc) is 2.08. The first-order chi connectivity index (χ1) is 6.06. The van der Waals surface area contributed by atoms with E-state index >= 15 is 0 Å². The molecule has 0 aliphatic heterocycles. The number of anilines is 1. The number of hydrogen-bond acceptors (Lipinski definition) is 3. The topological polar surface area (TPSA) is 75.3 Å². The second-order valence-corrected chi connectivity index (χ2v) is 2.67. The van der Waals surface area contributed by atoms with Gasteiger partial charge in [0, 0.05) is 6.07 Å². The Morgan fingerprint density at radius 1 is 1.62 bits per heavy atom. The predicted molar refractivity (Wildman–Crippen MR) is 46.2 cm³/mol. The van der Waals surface area contributed by atoms with Gasteiger partial charge in [0.2, 0.25) is 0 Å². The number of nitrogens with one attached hydrogen (secondary N) is 1. The van der Waals surface area contributed by atoms with Crippen molar-refractivity contribution in [1.82, 2.24) is 0 Å². The Hall–Kier alpha value is -1.33. The maximum absolute atomic E-state index is 12.8. The summed E-state index contributed by atoms with van der Waals surface area (Å²) in [7, 11) is 0. The number of carboxylic acid groups (broad SMARTS) is 1. The predicted octanol–water partition coefficient (Wildman–Crippen LogP) is 1.46. The minimum absolute atomic E-state index is 0.0191. The molecule has 4 nitrogen and oxygen atoms in total. The summed E-state index contributed by atoms with van der Waals surface area (Å²) < 4.78 is 12.8. The Bertz CT molecular complexity index is 357. The van der Waals surface area contributed by atoms with E-state index in [-0.39, 0.29) is 16.3 Å². The fourth-order valence-electron chi connectivity index (χ4n) is 0.843. The molecular weight excluding hydrogens is 199 g/mol. The monoisotopic (exact) mass is 204 g/mol. The average molecular weight is 205 g/mol. The standard InChI is InChI=1S/C7H6ClFN2O2/c8-4-1-3(7(12)13)6(11-10)2-5(4)9/h1-2,11H,10H2,(H,12,13). The van der Waals surface area contributed by atoms with Crippen molar-refractivity contribution in [3.8, 4) is 0 Å². The third-order valence-electron chi connectivity index (χ3n) is 1.45. The second-order valence-electron chi connectivity index (χ2n) is 2.26. The third kappa shape index (κ3) is 1.88. The van der Waals surface area contributed by atoms with E-state index in [1.807, 2.05) is 0 Å². The zero-order valence-electron chi connectivity index (χ0n) is 6.34. The summed E-state index contributed by atoms with van der Waals surface area (Å²) in [6, 6.07) is 1.92. The van der Waals surface area contributed by atoms with E-state index < -0.39 is 11.8 Å². The zero-order chi connectivity index (χ0) is 10.0. The molecule has 1 aromatic rings. The summed E-state index contributed by atoms with van der Waals surface area (Å²) >= 11 is 5.38. The van der Waals surface area contributed by atoms with Gasteiger partial charge in [0.25, 0.3) is 0 Å². The second kappa shape index (κ2) is 3.59. The molecule has 1 rings (SSSR count). The summed E-state index contributed by atoms with van der Waals surface area (Å²) in [5.41, 5.74) is 1.87. The Morgan fingerprint density at radius 3 is 2.69 bits per heavy atom. The summed E-state index contributed by atoms with van der Waals surface area (Å²) in [4.78, 5) is 10.6. The smallest absolute Gasteiger partial charge is 0.337 e. The lowest BCUT2D eigenvalue weighted by Gasteiger charge is -2.05. The van der Waals surface area contributed by atoms with Crippen LogP contribution in [0.25, 0.3) is 0 Å². The quantitative estimate of drug-likeness (QED) is 0.504. The number of hydrazine groups is 1. The molecule has 0 amide bonds. The van der Waals surface area contributed by atoms with Gasteiger partial charge in [-0.3, -0.25) is 5.84 Å². The number of benzene rings is 1. The molecule has 0 saturated carbocycles. The van der Waals surface area contributed by atoms with E-state index in [9.17, 15) is 9.18 Å². The largest absolute Gasteiger partial charge is 0.478 e. The van der Waals surface area contributed by atoms with Crippen molar-refractivity contribution in [2.75, 3.05) is 5.43 Å². The third-order valence-corrected chi connectivity index (χ3v) is 1.74. The molecule has 0 spiro atoms. The van der Waals surface area contributed by atoms with Gasteiger partial charge in [-0.2, -0.15) is 0 Å². The van der Waals surface area contributed by atoms with Crippen LogP contribution in [0, 0.1) is 5.82 Å². The molecule has 0 fully saturated rings. The van der Waals surface area contributed by atoms with E-state index in [1.54, 1.807) is 0 Å². The highest BCUT2D eigenvalue weighted by molar-refractivity contribution is 6.31. The number of nitrogen functional groups attached to an aromatic ring is 1. The number of aromatic carboxylic acids is 1. The highest BCUT2D eigenvalue weighted by Crippen LogP contribution is 2.23. The van der Waals surface area contributed by atoms with Gasteiger partial charge in [-0.05, 0) is 6.07 Å². The Kier molecular flexibility index (Phi) is 2.69. The first-order valence-corrected chi connectivity index (χ1v) is 3.63. The molecule has 0 aliphatic carbocycles. The molecule has 1 aromatic carbocycles. The lowest BCUT2D eigenvalue weighted by Crippen LogP contribution is -2.12. The number of carbonyl (C=O) groups is 1. The fraction of sp³-hybridized carbons (Fsp3) is 0. The maximum atomic E-state index is 12.8. The molecule has 0 saturated heterocycles. The van der Waals surface area contributed by atoms with Gasteiger partial charge in [-0.15, -0.1) is 0 Å². The van der Waals surface area contributed by atoms with Crippen molar-refractivity contribution in [2.24, 2.45) is 5.84 Å². The van der Waals surface area contributed by atoms with Gasteiger partial charge in [0.15, 0.2) is 0 Å². The van der Waals surface area contributed by atoms with Crippen molar-refractivity contribution >= 4 is 23.3 Å². The molecule has 0 radical (unpaired) electrons. The molecule has 6 heteroatoms. The molecule has 0 unspecified atom stereocenters. The van der Waals surface area contributed by atoms with Crippen molar-refractivity contribution in [3.63, 3.8) is 0 Å². The van der Waals surface area contributed by atoms with Crippen molar-refractivity contribution < 1.29 is 14.3 Å². The van der Waals surface area contributed by atoms with Gasteiger partial charge >= 0.3 is 5.97 Å². The van der Waals surface area contributed by atoms with Crippen molar-refractivity contribution in [1.29, 1.82) is 0 Å². The zero-order valence-corrected chi connectivity index (χ0v) is 7.10. The van der Waals surface area contributed by atoms with E-state index in [0.29, 0.717) is 0 Å². The number of halogens is 2. The Balaban J connectivity index is 3.33. The lowest BCUT2D eigenvalue weighted by molar-refractivity contribution is 0.0698. The van der Waals surface area contributed by atoms with E-state index in [1.165, 1.54) is 0 Å². The number of carboxylic acids is 1.